The van der Waals surface area contributed by atoms with Gasteiger partial charge in [-0.15, -0.1) is 0 Å². The molecule has 0 atom stereocenters. The lowest BCUT2D eigenvalue weighted by atomic mass is 9.67. The van der Waals surface area contributed by atoms with E-state index in [0.29, 0.717) is 12.2 Å². The van der Waals surface area contributed by atoms with Crippen LogP contribution in [0.15, 0.2) is 18.2 Å². The Balaban J connectivity index is 1.98. The molecule has 0 aromatic heterocycles. The molecule has 0 saturated heterocycles. The van der Waals surface area contributed by atoms with Crippen LogP contribution in [0.4, 0.5) is 10.5 Å². The summed E-state index contributed by atoms with van der Waals surface area (Å²) in [6.45, 7) is 2.78. The number of amides is 2. The van der Waals surface area contributed by atoms with Crippen molar-refractivity contribution in [3.63, 3.8) is 0 Å². The zero-order valence-corrected chi connectivity index (χ0v) is 14.1. The van der Waals surface area contributed by atoms with Crippen LogP contribution in [0.2, 0.25) is 0 Å². The first-order chi connectivity index (χ1) is 9.96. The van der Waals surface area contributed by atoms with Gasteiger partial charge in [-0.1, -0.05) is 13.3 Å². The van der Waals surface area contributed by atoms with Gasteiger partial charge >= 0.3 is 12.0 Å². The summed E-state index contributed by atoms with van der Waals surface area (Å²) in [7, 11) is 0. The number of anilines is 1. The van der Waals surface area contributed by atoms with Gasteiger partial charge in [-0.3, -0.25) is 0 Å². The van der Waals surface area contributed by atoms with Gasteiger partial charge in [0.05, 0.1) is 11.3 Å². The zero-order chi connectivity index (χ0) is 15.5. The van der Waals surface area contributed by atoms with Gasteiger partial charge < -0.3 is 15.7 Å². The third-order valence-corrected chi connectivity index (χ3v) is 4.92. The van der Waals surface area contributed by atoms with Crippen LogP contribution in [0, 0.1) is 8.99 Å². The lowest BCUT2D eigenvalue weighted by Gasteiger charge is -2.41. The SMILES string of the molecule is CCC1(CNC(=O)Nc2ccc(I)cc2C(=O)O)CCC1. The highest BCUT2D eigenvalue weighted by atomic mass is 127. The second-order valence-electron chi connectivity index (χ2n) is 5.51. The van der Waals surface area contributed by atoms with Crippen molar-refractivity contribution in [3.05, 3.63) is 27.3 Å². The molecule has 0 radical (unpaired) electrons. The average molecular weight is 402 g/mol. The molecule has 1 aromatic carbocycles. The van der Waals surface area contributed by atoms with E-state index in [0.717, 1.165) is 22.8 Å². The highest BCUT2D eigenvalue weighted by Crippen LogP contribution is 2.43. The average Bonchev–Trinajstić information content (AvgIpc) is 2.40. The summed E-state index contributed by atoms with van der Waals surface area (Å²) in [5.41, 5.74) is 0.657. The standard InChI is InChI=1S/C15H19IN2O3/c1-2-15(6-3-7-15)9-17-14(21)18-12-5-4-10(16)8-11(12)13(19)20/h4-5,8H,2-3,6-7,9H2,1H3,(H,19,20)(H2,17,18,21). The molecular formula is C15H19IN2O3. The molecule has 6 heteroatoms. The minimum absolute atomic E-state index is 0.103. The van der Waals surface area contributed by atoms with E-state index < -0.39 is 5.97 Å². The molecule has 3 N–H and O–H groups in total. The Labute approximate surface area is 137 Å². The number of urea groups is 1. The molecule has 0 spiro atoms. The Morgan fingerprint density at radius 2 is 2.10 bits per heavy atom. The lowest BCUT2D eigenvalue weighted by Crippen LogP contribution is -2.43. The topological polar surface area (TPSA) is 78.4 Å². The molecule has 1 saturated carbocycles. The Hall–Kier alpha value is -1.31. The number of carboxylic acids is 1. The van der Waals surface area contributed by atoms with E-state index in [4.69, 9.17) is 0 Å². The number of halogens is 1. The number of carbonyl (C=O) groups excluding carboxylic acids is 1. The zero-order valence-electron chi connectivity index (χ0n) is 11.9. The summed E-state index contributed by atoms with van der Waals surface area (Å²) in [4.78, 5) is 23.2. The van der Waals surface area contributed by atoms with Crippen molar-refractivity contribution in [1.29, 1.82) is 0 Å². The van der Waals surface area contributed by atoms with E-state index in [1.807, 2.05) is 22.6 Å². The maximum absolute atomic E-state index is 12.0. The van der Waals surface area contributed by atoms with Crippen molar-refractivity contribution in [2.24, 2.45) is 5.41 Å². The Kier molecular flexibility index (Phi) is 5.08. The van der Waals surface area contributed by atoms with Crippen LogP contribution in [0.25, 0.3) is 0 Å². The van der Waals surface area contributed by atoms with Crippen molar-refractivity contribution in [3.8, 4) is 0 Å². The van der Waals surface area contributed by atoms with E-state index >= 15 is 0 Å². The number of nitrogens with one attached hydrogen (secondary N) is 2. The summed E-state index contributed by atoms with van der Waals surface area (Å²) >= 11 is 2.04. The first-order valence-electron chi connectivity index (χ1n) is 7.03. The highest BCUT2D eigenvalue weighted by Gasteiger charge is 2.35. The van der Waals surface area contributed by atoms with Crippen molar-refractivity contribution >= 4 is 40.3 Å². The molecule has 1 aliphatic carbocycles. The summed E-state index contributed by atoms with van der Waals surface area (Å²) in [6, 6.07) is 4.57. The van der Waals surface area contributed by atoms with Gasteiger partial charge in [0.1, 0.15) is 0 Å². The van der Waals surface area contributed by atoms with Crippen LogP contribution >= 0.6 is 22.6 Å². The predicted molar refractivity (Wildman–Crippen MR) is 89.7 cm³/mol. The summed E-state index contributed by atoms with van der Waals surface area (Å²) < 4.78 is 0.815. The fourth-order valence-electron chi connectivity index (χ4n) is 2.57. The first kappa shape index (κ1) is 16.1. The fraction of sp³-hybridized carbons (Fsp3) is 0.467. The van der Waals surface area contributed by atoms with Gasteiger partial charge in [-0.05, 0) is 65.5 Å². The van der Waals surface area contributed by atoms with Crippen LogP contribution in [0.1, 0.15) is 43.0 Å². The van der Waals surface area contributed by atoms with E-state index in [-0.39, 0.29) is 17.0 Å². The quantitative estimate of drug-likeness (QED) is 0.658. The van der Waals surface area contributed by atoms with Gasteiger partial charge in [-0.2, -0.15) is 0 Å². The van der Waals surface area contributed by atoms with Crippen LogP contribution in [0.5, 0.6) is 0 Å². The molecule has 2 amide bonds. The second kappa shape index (κ2) is 6.64. The molecule has 0 heterocycles. The number of benzene rings is 1. The normalized spacial score (nSPS) is 15.9. The molecular weight excluding hydrogens is 383 g/mol. The van der Waals surface area contributed by atoms with Gasteiger partial charge in [-0.25, -0.2) is 9.59 Å². The summed E-state index contributed by atoms with van der Waals surface area (Å²) in [5, 5.41) is 14.7. The second-order valence-corrected chi connectivity index (χ2v) is 6.76. The molecule has 0 unspecified atom stereocenters. The number of hydrogen-bond acceptors (Lipinski definition) is 2. The van der Waals surface area contributed by atoms with Gasteiger partial charge in [0.15, 0.2) is 0 Å². The van der Waals surface area contributed by atoms with E-state index in [2.05, 4.69) is 17.6 Å². The molecule has 21 heavy (non-hydrogen) atoms. The number of carbonyl (C=O) groups is 2. The van der Waals surface area contributed by atoms with Crippen molar-refractivity contribution < 1.29 is 14.7 Å². The summed E-state index contributed by atoms with van der Waals surface area (Å²) in [5.74, 6) is -1.05. The Bertz CT molecular complexity index is 550. The minimum atomic E-state index is -1.05. The number of aromatic carboxylic acids is 1. The lowest BCUT2D eigenvalue weighted by molar-refractivity contribution is 0.0698. The van der Waals surface area contributed by atoms with Crippen molar-refractivity contribution in [2.75, 3.05) is 11.9 Å². The highest BCUT2D eigenvalue weighted by molar-refractivity contribution is 14.1. The third kappa shape index (κ3) is 3.87. The molecule has 114 valence electrons. The van der Waals surface area contributed by atoms with Gasteiger partial charge in [0, 0.05) is 10.1 Å². The van der Waals surface area contributed by atoms with E-state index in [1.165, 1.54) is 12.5 Å². The molecule has 1 fully saturated rings. The first-order valence-corrected chi connectivity index (χ1v) is 8.11. The van der Waals surface area contributed by atoms with Crippen LogP contribution < -0.4 is 10.6 Å². The molecule has 1 aliphatic rings. The van der Waals surface area contributed by atoms with E-state index in [9.17, 15) is 14.7 Å². The van der Waals surface area contributed by atoms with Gasteiger partial charge in [0.2, 0.25) is 0 Å². The predicted octanol–water partition coefficient (Wildman–Crippen LogP) is 3.69. The monoisotopic (exact) mass is 402 g/mol. The van der Waals surface area contributed by atoms with Gasteiger partial charge in [0.25, 0.3) is 0 Å². The van der Waals surface area contributed by atoms with E-state index in [1.54, 1.807) is 12.1 Å². The molecule has 2 rings (SSSR count). The smallest absolute Gasteiger partial charge is 0.337 e. The minimum Gasteiger partial charge on any atom is -0.478 e. The Morgan fingerprint density at radius 3 is 2.62 bits per heavy atom. The third-order valence-electron chi connectivity index (χ3n) is 4.25. The number of hydrogen-bond donors (Lipinski definition) is 3. The fourth-order valence-corrected chi connectivity index (χ4v) is 3.06. The molecule has 1 aromatic rings. The van der Waals surface area contributed by atoms with Crippen LogP contribution in [-0.2, 0) is 0 Å². The number of rotatable bonds is 5. The Morgan fingerprint density at radius 1 is 1.38 bits per heavy atom. The number of carboxylic acid groups (broad SMARTS) is 1. The molecule has 0 aliphatic heterocycles. The van der Waals surface area contributed by atoms with Crippen molar-refractivity contribution in [1.82, 2.24) is 5.32 Å². The van der Waals surface area contributed by atoms with Crippen LogP contribution in [-0.4, -0.2) is 23.7 Å². The maximum Gasteiger partial charge on any atom is 0.337 e. The molecule has 5 nitrogen and oxygen atoms in total. The largest absolute Gasteiger partial charge is 0.478 e. The van der Waals surface area contributed by atoms with Crippen LogP contribution in [0.3, 0.4) is 0 Å². The van der Waals surface area contributed by atoms with Crippen molar-refractivity contribution in [2.45, 2.75) is 32.6 Å². The maximum atomic E-state index is 12.0. The molecule has 0 bridgehead atoms. The summed E-state index contributed by atoms with van der Waals surface area (Å²) in [6.07, 6.45) is 4.57.